The lowest BCUT2D eigenvalue weighted by Crippen LogP contribution is -2.56. The van der Waals surface area contributed by atoms with E-state index < -0.39 is 23.3 Å². The van der Waals surface area contributed by atoms with Crippen molar-refractivity contribution in [2.24, 2.45) is 5.92 Å². The van der Waals surface area contributed by atoms with Crippen molar-refractivity contribution in [1.82, 2.24) is 10.2 Å². The van der Waals surface area contributed by atoms with Crippen LogP contribution in [-0.2, 0) is 25.7 Å². The van der Waals surface area contributed by atoms with Gasteiger partial charge in [-0.05, 0) is 12.5 Å². The molecule has 1 heterocycles. The standard InChI is InChI=1S/C17H22N2O5/c1-17(11-24-2,16(22)23)18-15(21)13-8-14(20)19(10-13)9-12-6-4-3-5-7-12/h3-7,13H,8-11H2,1-2H3,(H,18,21)(H,22,23). The molecule has 1 aliphatic rings. The van der Waals surface area contributed by atoms with Crippen LogP contribution in [0.2, 0.25) is 0 Å². The highest BCUT2D eigenvalue weighted by Crippen LogP contribution is 2.21. The van der Waals surface area contributed by atoms with Crippen molar-refractivity contribution >= 4 is 17.8 Å². The smallest absolute Gasteiger partial charge is 0.331 e. The fourth-order valence-electron chi connectivity index (χ4n) is 2.72. The number of rotatable bonds is 7. The SMILES string of the molecule is COCC(C)(NC(=O)C1CC(=O)N(Cc2ccccc2)C1)C(=O)O. The highest BCUT2D eigenvalue weighted by molar-refractivity contribution is 5.92. The molecule has 0 aromatic heterocycles. The first-order valence-corrected chi connectivity index (χ1v) is 7.72. The van der Waals surface area contributed by atoms with E-state index in [1.54, 1.807) is 4.90 Å². The number of likely N-dealkylation sites (tertiary alicyclic amines) is 1. The molecule has 7 nitrogen and oxygen atoms in total. The number of carbonyl (C=O) groups is 3. The predicted octanol–water partition coefficient (Wildman–Crippen LogP) is 0.641. The number of carboxylic acids is 1. The van der Waals surface area contributed by atoms with Crippen LogP contribution in [0, 0.1) is 5.92 Å². The maximum absolute atomic E-state index is 12.4. The van der Waals surface area contributed by atoms with Crippen molar-refractivity contribution in [2.45, 2.75) is 25.4 Å². The lowest BCUT2D eigenvalue weighted by Gasteiger charge is -2.26. The Bertz CT molecular complexity index is 619. The number of hydrogen-bond acceptors (Lipinski definition) is 4. The minimum Gasteiger partial charge on any atom is -0.479 e. The molecule has 2 rings (SSSR count). The van der Waals surface area contributed by atoms with Gasteiger partial charge in [-0.15, -0.1) is 0 Å². The second-order valence-corrected chi connectivity index (χ2v) is 6.22. The third-order valence-electron chi connectivity index (χ3n) is 4.11. The molecule has 7 heteroatoms. The number of nitrogens with one attached hydrogen (secondary N) is 1. The summed E-state index contributed by atoms with van der Waals surface area (Å²) >= 11 is 0. The molecule has 0 saturated carbocycles. The van der Waals surface area contributed by atoms with E-state index in [1.165, 1.54) is 14.0 Å². The van der Waals surface area contributed by atoms with E-state index in [4.69, 9.17) is 4.74 Å². The first kappa shape index (κ1) is 17.9. The Morgan fingerprint density at radius 1 is 1.38 bits per heavy atom. The monoisotopic (exact) mass is 334 g/mol. The molecular weight excluding hydrogens is 312 g/mol. The molecule has 1 aromatic carbocycles. The van der Waals surface area contributed by atoms with E-state index in [-0.39, 0.29) is 25.5 Å². The number of hydrogen-bond donors (Lipinski definition) is 2. The van der Waals surface area contributed by atoms with Crippen LogP contribution >= 0.6 is 0 Å². The Morgan fingerprint density at radius 3 is 2.62 bits per heavy atom. The highest BCUT2D eigenvalue weighted by Gasteiger charge is 2.40. The molecule has 1 fully saturated rings. The summed E-state index contributed by atoms with van der Waals surface area (Å²) in [7, 11) is 1.37. The van der Waals surface area contributed by atoms with Gasteiger partial charge in [0.1, 0.15) is 0 Å². The first-order valence-electron chi connectivity index (χ1n) is 7.72. The fraction of sp³-hybridized carbons (Fsp3) is 0.471. The largest absolute Gasteiger partial charge is 0.479 e. The molecular formula is C17H22N2O5. The van der Waals surface area contributed by atoms with Gasteiger partial charge >= 0.3 is 5.97 Å². The van der Waals surface area contributed by atoms with Gasteiger partial charge in [-0.1, -0.05) is 30.3 Å². The maximum atomic E-state index is 12.4. The summed E-state index contributed by atoms with van der Waals surface area (Å²) in [5, 5.41) is 11.8. The van der Waals surface area contributed by atoms with Gasteiger partial charge in [-0.2, -0.15) is 0 Å². The van der Waals surface area contributed by atoms with E-state index in [0.717, 1.165) is 5.56 Å². The van der Waals surface area contributed by atoms with E-state index in [0.29, 0.717) is 6.54 Å². The molecule has 2 amide bonds. The third-order valence-corrected chi connectivity index (χ3v) is 4.11. The molecule has 2 atom stereocenters. The van der Waals surface area contributed by atoms with Crippen LogP contribution in [0.3, 0.4) is 0 Å². The lowest BCUT2D eigenvalue weighted by molar-refractivity contribution is -0.149. The van der Waals surface area contributed by atoms with Crippen LogP contribution in [0.1, 0.15) is 18.9 Å². The van der Waals surface area contributed by atoms with Crippen LogP contribution in [0.15, 0.2) is 30.3 Å². The van der Waals surface area contributed by atoms with Crippen LogP contribution in [-0.4, -0.2) is 53.6 Å². The van der Waals surface area contributed by atoms with Gasteiger partial charge in [0, 0.05) is 26.6 Å². The van der Waals surface area contributed by atoms with Crippen molar-refractivity contribution in [2.75, 3.05) is 20.3 Å². The van der Waals surface area contributed by atoms with Crippen molar-refractivity contribution in [3.05, 3.63) is 35.9 Å². The molecule has 2 N–H and O–H groups in total. The van der Waals surface area contributed by atoms with Crippen molar-refractivity contribution in [3.8, 4) is 0 Å². The van der Waals surface area contributed by atoms with Crippen molar-refractivity contribution in [3.63, 3.8) is 0 Å². The molecule has 1 saturated heterocycles. The number of amides is 2. The Hall–Kier alpha value is -2.41. The molecule has 24 heavy (non-hydrogen) atoms. The molecule has 0 spiro atoms. The molecule has 130 valence electrons. The Labute approximate surface area is 140 Å². The average Bonchev–Trinajstić information content (AvgIpc) is 2.89. The summed E-state index contributed by atoms with van der Waals surface area (Å²) in [5.74, 6) is -2.29. The zero-order valence-corrected chi connectivity index (χ0v) is 13.8. The van der Waals surface area contributed by atoms with Gasteiger partial charge in [0.2, 0.25) is 11.8 Å². The first-order chi connectivity index (χ1) is 11.4. The molecule has 1 aromatic rings. The number of benzene rings is 1. The summed E-state index contributed by atoms with van der Waals surface area (Å²) in [4.78, 5) is 37.5. The summed E-state index contributed by atoms with van der Waals surface area (Å²) in [6.07, 6.45) is 0.0847. The molecule has 0 bridgehead atoms. The second kappa shape index (κ2) is 7.44. The third kappa shape index (κ3) is 4.11. The zero-order chi connectivity index (χ0) is 17.7. The highest BCUT2D eigenvalue weighted by atomic mass is 16.5. The van der Waals surface area contributed by atoms with E-state index >= 15 is 0 Å². The van der Waals surface area contributed by atoms with Crippen LogP contribution < -0.4 is 5.32 Å². The van der Waals surface area contributed by atoms with Crippen LogP contribution in [0.5, 0.6) is 0 Å². The quantitative estimate of drug-likeness (QED) is 0.763. The van der Waals surface area contributed by atoms with E-state index in [9.17, 15) is 19.5 Å². The van der Waals surface area contributed by atoms with Gasteiger partial charge in [0.15, 0.2) is 5.54 Å². The van der Waals surface area contributed by atoms with E-state index in [1.807, 2.05) is 30.3 Å². The molecule has 0 aliphatic carbocycles. The van der Waals surface area contributed by atoms with Gasteiger partial charge in [-0.25, -0.2) is 4.79 Å². The average molecular weight is 334 g/mol. The van der Waals surface area contributed by atoms with E-state index in [2.05, 4.69) is 5.32 Å². The molecule has 0 radical (unpaired) electrons. The molecule has 1 aliphatic heterocycles. The second-order valence-electron chi connectivity index (χ2n) is 6.22. The van der Waals surface area contributed by atoms with Gasteiger partial charge in [-0.3, -0.25) is 9.59 Å². The van der Waals surface area contributed by atoms with Gasteiger partial charge in [0.05, 0.1) is 12.5 Å². The summed E-state index contributed by atoms with van der Waals surface area (Å²) in [5.41, 5.74) is -0.525. The number of aliphatic carboxylic acids is 1. The zero-order valence-electron chi connectivity index (χ0n) is 13.8. The van der Waals surface area contributed by atoms with Crippen molar-refractivity contribution < 1.29 is 24.2 Å². The Morgan fingerprint density at radius 2 is 2.04 bits per heavy atom. The summed E-state index contributed by atoms with van der Waals surface area (Å²) < 4.78 is 4.88. The predicted molar refractivity (Wildman–Crippen MR) is 86.0 cm³/mol. The van der Waals surface area contributed by atoms with Crippen LogP contribution in [0.4, 0.5) is 0 Å². The summed E-state index contributed by atoms with van der Waals surface area (Å²) in [6.45, 7) is 1.96. The lowest BCUT2D eigenvalue weighted by atomic mass is 10.0. The minimum absolute atomic E-state index is 0.0847. The summed E-state index contributed by atoms with van der Waals surface area (Å²) in [6, 6.07) is 9.52. The Balaban J connectivity index is 1.99. The van der Waals surface area contributed by atoms with Gasteiger partial charge in [0.25, 0.3) is 0 Å². The Kier molecular flexibility index (Phi) is 5.56. The van der Waals surface area contributed by atoms with Gasteiger partial charge < -0.3 is 20.1 Å². The topological polar surface area (TPSA) is 95.9 Å². The normalized spacial score (nSPS) is 19.8. The number of carbonyl (C=O) groups excluding carboxylic acids is 2. The molecule has 2 unspecified atom stereocenters. The van der Waals surface area contributed by atoms with Crippen LogP contribution in [0.25, 0.3) is 0 Å². The van der Waals surface area contributed by atoms with Crippen molar-refractivity contribution in [1.29, 1.82) is 0 Å². The number of carboxylic acid groups (broad SMARTS) is 1. The number of ether oxygens (including phenoxy) is 1. The minimum atomic E-state index is -1.51. The number of methoxy groups -OCH3 is 1. The number of nitrogens with zero attached hydrogens (tertiary/aromatic N) is 1. The maximum Gasteiger partial charge on any atom is 0.331 e. The fourth-order valence-corrected chi connectivity index (χ4v) is 2.72.